The summed E-state index contributed by atoms with van der Waals surface area (Å²) in [6.07, 6.45) is 4.10. The predicted octanol–water partition coefficient (Wildman–Crippen LogP) is 3.21. The second-order valence-electron chi connectivity index (χ2n) is 5.86. The van der Waals surface area contributed by atoms with E-state index in [9.17, 15) is 9.18 Å². The third-order valence-electron chi connectivity index (χ3n) is 4.35. The number of halogens is 3. The Morgan fingerprint density at radius 3 is 2.61 bits per heavy atom. The average Bonchev–Trinajstić information content (AvgIpc) is 3.04. The molecule has 2 fully saturated rings. The van der Waals surface area contributed by atoms with E-state index in [1.165, 1.54) is 6.07 Å². The van der Waals surface area contributed by atoms with Crippen LogP contribution in [0.15, 0.2) is 18.2 Å². The first kappa shape index (κ1) is 20.0. The van der Waals surface area contributed by atoms with Crippen LogP contribution in [0.5, 0.6) is 0 Å². The smallest absolute Gasteiger partial charge is 0.228 e. The van der Waals surface area contributed by atoms with Gasteiger partial charge < -0.3 is 15.5 Å². The van der Waals surface area contributed by atoms with E-state index in [0.717, 1.165) is 51.0 Å². The van der Waals surface area contributed by atoms with Crippen LogP contribution < -0.4 is 15.5 Å². The first-order valence-electron chi connectivity index (χ1n) is 7.81. The Balaban J connectivity index is 0.00000132. The van der Waals surface area contributed by atoms with Gasteiger partial charge in [-0.25, -0.2) is 4.39 Å². The molecule has 2 saturated heterocycles. The van der Waals surface area contributed by atoms with Crippen molar-refractivity contribution in [2.45, 2.75) is 25.7 Å². The number of para-hydroxylation sites is 1. The monoisotopic (exact) mass is 363 g/mol. The van der Waals surface area contributed by atoms with Crippen LogP contribution in [0.25, 0.3) is 0 Å². The largest absolute Gasteiger partial charge is 0.370 e. The van der Waals surface area contributed by atoms with Crippen LogP contribution >= 0.6 is 24.8 Å². The molecule has 23 heavy (non-hydrogen) atoms. The van der Waals surface area contributed by atoms with E-state index in [1.807, 2.05) is 6.07 Å². The molecule has 0 radical (unpaired) electrons. The highest BCUT2D eigenvalue weighted by molar-refractivity contribution is 5.96. The fourth-order valence-electron chi connectivity index (χ4n) is 3.16. The number of carbonyl (C=O) groups excluding carboxylic acids is 1. The first-order valence-corrected chi connectivity index (χ1v) is 7.81. The minimum Gasteiger partial charge on any atom is -0.370 e. The average molecular weight is 364 g/mol. The van der Waals surface area contributed by atoms with Crippen molar-refractivity contribution >= 4 is 42.1 Å². The summed E-state index contributed by atoms with van der Waals surface area (Å²) in [4.78, 5) is 14.5. The second-order valence-corrected chi connectivity index (χ2v) is 5.86. The summed E-state index contributed by atoms with van der Waals surface area (Å²) in [5.41, 5.74) is 1.15. The van der Waals surface area contributed by atoms with E-state index in [4.69, 9.17) is 0 Å². The number of carbonyl (C=O) groups is 1. The van der Waals surface area contributed by atoms with Crippen LogP contribution in [-0.4, -0.2) is 32.1 Å². The normalized spacial score (nSPS) is 20.4. The minimum atomic E-state index is -0.350. The molecular weight excluding hydrogens is 340 g/mol. The molecule has 1 amide bonds. The lowest BCUT2D eigenvalue weighted by Gasteiger charge is -2.25. The number of nitrogens with zero attached hydrogens (tertiary/aromatic N) is 1. The van der Waals surface area contributed by atoms with Gasteiger partial charge in [0.15, 0.2) is 0 Å². The van der Waals surface area contributed by atoms with Gasteiger partial charge in [0.2, 0.25) is 5.91 Å². The molecule has 2 aliphatic heterocycles. The van der Waals surface area contributed by atoms with Crippen molar-refractivity contribution in [1.29, 1.82) is 0 Å². The number of hydrogen-bond donors (Lipinski definition) is 2. The standard InChI is InChI=1S/C16H22FN3O.2ClH/c17-13-6-3-7-14(20-9-1-2-10-20)15(13)19-16(21)12-5-4-8-18-11-12;;/h3,6-7,12,18H,1-2,4-5,8-11H2,(H,19,21);2*1H. The Kier molecular flexibility index (Phi) is 8.09. The van der Waals surface area contributed by atoms with E-state index in [2.05, 4.69) is 15.5 Å². The molecule has 2 N–H and O–H groups in total. The van der Waals surface area contributed by atoms with Crippen LogP contribution in [0, 0.1) is 11.7 Å². The van der Waals surface area contributed by atoms with Crippen molar-refractivity contribution in [2.75, 3.05) is 36.4 Å². The van der Waals surface area contributed by atoms with Crippen molar-refractivity contribution in [3.63, 3.8) is 0 Å². The summed E-state index contributed by atoms with van der Waals surface area (Å²) in [5.74, 6) is -0.492. The zero-order chi connectivity index (χ0) is 14.7. The first-order chi connectivity index (χ1) is 10.3. The molecule has 1 atom stereocenters. The summed E-state index contributed by atoms with van der Waals surface area (Å²) in [7, 11) is 0. The van der Waals surface area contributed by atoms with Crippen molar-refractivity contribution in [1.82, 2.24) is 5.32 Å². The van der Waals surface area contributed by atoms with E-state index in [-0.39, 0.29) is 42.5 Å². The number of piperidine rings is 1. The molecule has 1 aromatic rings. The van der Waals surface area contributed by atoms with Crippen LogP contribution in [0.2, 0.25) is 0 Å². The fraction of sp³-hybridized carbons (Fsp3) is 0.562. The van der Waals surface area contributed by atoms with Gasteiger partial charge in [0.05, 0.1) is 11.6 Å². The number of benzene rings is 1. The molecule has 3 rings (SSSR count). The number of rotatable bonds is 3. The number of nitrogens with one attached hydrogen (secondary N) is 2. The molecule has 1 aromatic carbocycles. The third kappa shape index (κ3) is 4.72. The van der Waals surface area contributed by atoms with Crippen LogP contribution in [0.3, 0.4) is 0 Å². The van der Waals surface area contributed by atoms with Gasteiger partial charge >= 0.3 is 0 Å². The van der Waals surface area contributed by atoms with Gasteiger partial charge in [-0.15, -0.1) is 24.8 Å². The lowest BCUT2D eigenvalue weighted by Crippen LogP contribution is -2.37. The molecule has 7 heteroatoms. The molecule has 1 unspecified atom stereocenters. The Bertz CT molecular complexity index is 518. The molecule has 0 saturated carbocycles. The zero-order valence-corrected chi connectivity index (χ0v) is 14.6. The van der Waals surface area contributed by atoms with Gasteiger partial charge in [0, 0.05) is 19.6 Å². The second kappa shape index (κ2) is 9.30. The topological polar surface area (TPSA) is 44.4 Å². The maximum Gasteiger partial charge on any atom is 0.228 e. The maximum absolute atomic E-state index is 14.2. The highest BCUT2D eigenvalue weighted by atomic mass is 35.5. The summed E-state index contributed by atoms with van der Waals surface area (Å²) in [5, 5.41) is 6.05. The Labute approximate surface area is 149 Å². The van der Waals surface area contributed by atoms with Crippen molar-refractivity contribution in [3.05, 3.63) is 24.0 Å². The predicted molar refractivity (Wildman–Crippen MR) is 96.6 cm³/mol. The van der Waals surface area contributed by atoms with Gasteiger partial charge in [-0.1, -0.05) is 6.07 Å². The molecule has 2 aliphatic rings. The highest BCUT2D eigenvalue weighted by Crippen LogP contribution is 2.31. The molecule has 0 bridgehead atoms. The lowest BCUT2D eigenvalue weighted by atomic mass is 9.98. The Morgan fingerprint density at radius 2 is 1.96 bits per heavy atom. The zero-order valence-electron chi connectivity index (χ0n) is 13.0. The van der Waals surface area contributed by atoms with Crippen molar-refractivity contribution in [3.8, 4) is 0 Å². The highest BCUT2D eigenvalue weighted by Gasteiger charge is 2.24. The summed E-state index contributed by atoms with van der Waals surface area (Å²) >= 11 is 0. The van der Waals surface area contributed by atoms with Gasteiger partial charge in [0.25, 0.3) is 0 Å². The summed E-state index contributed by atoms with van der Waals surface area (Å²) in [6, 6.07) is 5.01. The van der Waals surface area contributed by atoms with E-state index >= 15 is 0 Å². The van der Waals surface area contributed by atoms with Crippen LogP contribution in [0.1, 0.15) is 25.7 Å². The molecule has 4 nitrogen and oxygen atoms in total. The van der Waals surface area contributed by atoms with E-state index < -0.39 is 0 Å². The molecule has 0 aliphatic carbocycles. The fourth-order valence-corrected chi connectivity index (χ4v) is 3.16. The molecule has 2 heterocycles. The minimum absolute atomic E-state index is 0. The van der Waals surface area contributed by atoms with Gasteiger partial charge in [0.1, 0.15) is 11.5 Å². The Hall–Kier alpha value is -1.04. The third-order valence-corrected chi connectivity index (χ3v) is 4.35. The van der Waals surface area contributed by atoms with Crippen molar-refractivity contribution in [2.24, 2.45) is 5.92 Å². The van der Waals surface area contributed by atoms with E-state index in [0.29, 0.717) is 12.2 Å². The summed E-state index contributed by atoms with van der Waals surface area (Å²) < 4.78 is 14.2. The number of amides is 1. The van der Waals surface area contributed by atoms with Gasteiger partial charge in [-0.05, 0) is 44.4 Å². The quantitative estimate of drug-likeness (QED) is 0.866. The number of anilines is 2. The Morgan fingerprint density at radius 1 is 1.22 bits per heavy atom. The molecular formula is C16H24Cl2FN3O. The van der Waals surface area contributed by atoms with Crippen LogP contribution in [0.4, 0.5) is 15.8 Å². The molecule has 130 valence electrons. The maximum atomic E-state index is 14.2. The lowest BCUT2D eigenvalue weighted by molar-refractivity contribution is -0.120. The van der Waals surface area contributed by atoms with E-state index in [1.54, 1.807) is 6.07 Å². The van der Waals surface area contributed by atoms with Crippen molar-refractivity contribution < 1.29 is 9.18 Å². The molecule has 0 aromatic heterocycles. The van der Waals surface area contributed by atoms with Gasteiger partial charge in [-0.3, -0.25) is 4.79 Å². The SMILES string of the molecule is Cl.Cl.O=C(Nc1c(F)cccc1N1CCCC1)C1CCCNC1. The molecule has 0 spiro atoms. The van der Waals surface area contributed by atoms with Crippen LogP contribution in [-0.2, 0) is 4.79 Å². The summed E-state index contributed by atoms with van der Waals surface area (Å²) in [6.45, 7) is 3.50. The number of hydrogen-bond acceptors (Lipinski definition) is 3. The van der Waals surface area contributed by atoms with Gasteiger partial charge in [-0.2, -0.15) is 0 Å².